The van der Waals surface area contributed by atoms with Crippen LogP contribution in [0, 0.1) is 0 Å². The lowest BCUT2D eigenvalue weighted by molar-refractivity contribution is 0.0474. The fourth-order valence-electron chi connectivity index (χ4n) is 1.78. The lowest BCUT2D eigenvalue weighted by Gasteiger charge is -2.29. The number of carbonyl (C=O) groups excluding carboxylic acids is 1. The van der Waals surface area contributed by atoms with E-state index in [0.29, 0.717) is 19.0 Å². The molecule has 1 rings (SSSR count). The summed E-state index contributed by atoms with van der Waals surface area (Å²) in [6, 6.07) is 0. The topological polar surface area (TPSA) is 105 Å². The minimum atomic E-state index is -0.527. The number of nitrogens with one attached hydrogen (secondary N) is 3. The van der Waals surface area contributed by atoms with Gasteiger partial charge in [0.1, 0.15) is 11.9 Å². The number of carbonyl (C=O) groups is 1. The van der Waals surface area contributed by atoms with Crippen molar-refractivity contribution in [2.75, 3.05) is 13.6 Å². The van der Waals surface area contributed by atoms with E-state index < -0.39 is 17.2 Å². The van der Waals surface area contributed by atoms with E-state index in [4.69, 9.17) is 4.74 Å². The molecule has 0 saturated carbocycles. The number of rotatable bonds is 5. The minimum absolute atomic E-state index is 0. The molecule has 10 heteroatoms. The van der Waals surface area contributed by atoms with Crippen LogP contribution in [0.4, 0.5) is 4.79 Å². The normalized spacial score (nSPS) is 12.2. The minimum Gasteiger partial charge on any atom is -0.444 e. The zero-order valence-corrected chi connectivity index (χ0v) is 18.3. The van der Waals surface area contributed by atoms with Crippen molar-refractivity contribution in [2.45, 2.75) is 52.3 Å². The highest BCUT2D eigenvalue weighted by Crippen LogP contribution is 2.09. The number of aryl methyl sites for hydroxylation is 1. The van der Waals surface area contributed by atoms with Gasteiger partial charge in [-0.1, -0.05) is 0 Å². The molecule has 0 saturated heterocycles. The third-order valence-corrected chi connectivity index (χ3v) is 2.98. The first-order valence-corrected chi connectivity index (χ1v) is 7.81. The highest BCUT2D eigenvalue weighted by atomic mass is 127. The second kappa shape index (κ2) is 9.78. The Kier molecular flexibility index (Phi) is 9.16. The Morgan fingerprint density at radius 2 is 1.92 bits per heavy atom. The predicted molar refractivity (Wildman–Crippen MR) is 108 cm³/mol. The standard InChI is InChI=1S/C15H29N7O2.HI/c1-14(2,3)24-13(23)20-15(4,5)9-18-12(16-6)17-8-11-21-19-10-22(11)7;/h10H,8-9H2,1-7H3,(H,20,23)(H2,16,17,18);1H. The maximum absolute atomic E-state index is 11.9. The molecule has 25 heavy (non-hydrogen) atoms. The van der Waals surface area contributed by atoms with E-state index in [9.17, 15) is 4.79 Å². The molecule has 1 aromatic rings. The summed E-state index contributed by atoms with van der Waals surface area (Å²) in [5, 5.41) is 17.0. The number of hydrogen-bond acceptors (Lipinski definition) is 5. The van der Waals surface area contributed by atoms with Gasteiger partial charge < -0.3 is 25.3 Å². The number of aliphatic imine (C=N–C) groups is 1. The zero-order valence-electron chi connectivity index (χ0n) is 16.0. The Labute approximate surface area is 166 Å². The summed E-state index contributed by atoms with van der Waals surface area (Å²) in [7, 11) is 3.56. The molecule has 1 amide bonds. The van der Waals surface area contributed by atoms with Crippen molar-refractivity contribution in [3.63, 3.8) is 0 Å². The molecule has 0 aromatic carbocycles. The molecule has 0 spiro atoms. The van der Waals surface area contributed by atoms with Crippen molar-refractivity contribution in [2.24, 2.45) is 12.0 Å². The molecule has 0 atom stereocenters. The second-order valence-corrected chi connectivity index (χ2v) is 7.15. The van der Waals surface area contributed by atoms with Crippen molar-refractivity contribution in [3.05, 3.63) is 12.2 Å². The van der Waals surface area contributed by atoms with E-state index >= 15 is 0 Å². The van der Waals surface area contributed by atoms with E-state index in [2.05, 4.69) is 31.1 Å². The molecule has 1 aromatic heterocycles. The third-order valence-electron chi connectivity index (χ3n) is 2.98. The smallest absolute Gasteiger partial charge is 0.408 e. The summed E-state index contributed by atoms with van der Waals surface area (Å²) in [5.74, 6) is 1.40. The number of aromatic nitrogens is 3. The van der Waals surface area contributed by atoms with Crippen LogP contribution in [0.15, 0.2) is 11.3 Å². The van der Waals surface area contributed by atoms with Crippen LogP contribution >= 0.6 is 24.0 Å². The third kappa shape index (κ3) is 9.46. The molecular weight excluding hydrogens is 437 g/mol. The van der Waals surface area contributed by atoms with E-state index in [1.165, 1.54) is 0 Å². The molecule has 0 unspecified atom stereocenters. The Morgan fingerprint density at radius 3 is 2.40 bits per heavy atom. The Morgan fingerprint density at radius 1 is 1.28 bits per heavy atom. The molecule has 0 bridgehead atoms. The molecule has 0 aliphatic rings. The number of alkyl carbamates (subject to hydrolysis) is 1. The molecular formula is C15H30IN7O2. The van der Waals surface area contributed by atoms with Crippen molar-refractivity contribution in [1.29, 1.82) is 0 Å². The Hall–Kier alpha value is -1.59. The van der Waals surface area contributed by atoms with E-state index in [-0.39, 0.29) is 24.0 Å². The van der Waals surface area contributed by atoms with Crippen LogP contribution in [-0.2, 0) is 18.3 Å². The predicted octanol–water partition coefficient (Wildman–Crippen LogP) is 1.40. The number of nitrogens with zero attached hydrogens (tertiary/aromatic N) is 4. The molecule has 144 valence electrons. The number of ether oxygens (including phenoxy) is 1. The van der Waals surface area contributed by atoms with Crippen LogP contribution in [0.3, 0.4) is 0 Å². The van der Waals surface area contributed by atoms with Gasteiger partial charge >= 0.3 is 6.09 Å². The fourth-order valence-corrected chi connectivity index (χ4v) is 1.78. The highest BCUT2D eigenvalue weighted by Gasteiger charge is 2.24. The molecule has 9 nitrogen and oxygen atoms in total. The van der Waals surface area contributed by atoms with Crippen LogP contribution in [0.1, 0.15) is 40.4 Å². The van der Waals surface area contributed by atoms with Gasteiger partial charge in [-0.25, -0.2) is 4.79 Å². The number of guanidine groups is 1. The second-order valence-electron chi connectivity index (χ2n) is 7.15. The molecule has 0 radical (unpaired) electrons. The van der Waals surface area contributed by atoms with Crippen LogP contribution < -0.4 is 16.0 Å². The quantitative estimate of drug-likeness (QED) is 0.344. The van der Waals surface area contributed by atoms with Crippen molar-refractivity contribution in [1.82, 2.24) is 30.7 Å². The first-order valence-electron chi connectivity index (χ1n) is 7.81. The monoisotopic (exact) mass is 467 g/mol. The van der Waals surface area contributed by atoms with Gasteiger partial charge in [0, 0.05) is 20.6 Å². The Balaban J connectivity index is 0.00000576. The molecule has 3 N–H and O–H groups in total. The largest absolute Gasteiger partial charge is 0.444 e. The first kappa shape index (κ1) is 23.4. The zero-order chi connectivity index (χ0) is 18.4. The maximum atomic E-state index is 11.9. The van der Waals surface area contributed by atoms with Crippen LogP contribution in [0.5, 0.6) is 0 Å². The van der Waals surface area contributed by atoms with Gasteiger partial charge in [-0.3, -0.25) is 4.99 Å². The van der Waals surface area contributed by atoms with Crippen molar-refractivity contribution < 1.29 is 9.53 Å². The van der Waals surface area contributed by atoms with Crippen LogP contribution in [-0.4, -0.2) is 51.5 Å². The molecule has 1 heterocycles. The fraction of sp³-hybridized carbons (Fsp3) is 0.733. The average molecular weight is 467 g/mol. The van der Waals surface area contributed by atoms with Gasteiger partial charge in [0.05, 0.1) is 12.1 Å². The highest BCUT2D eigenvalue weighted by molar-refractivity contribution is 14.0. The van der Waals surface area contributed by atoms with Gasteiger partial charge in [0.2, 0.25) is 0 Å². The molecule has 0 aliphatic heterocycles. The SMILES string of the molecule is CN=C(NCc1nncn1C)NCC(C)(C)NC(=O)OC(C)(C)C.I. The lowest BCUT2D eigenvalue weighted by Crippen LogP contribution is -2.54. The van der Waals surface area contributed by atoms with Gasteiger partial charge in [-0.15, -0.1) is 34.2 Å². The Bertz CT molecular complexity index is 579. The summed E-state index contributed by atoms with van der Waals surface area (Å²) in [6.45, 7) is 10.3. The van der Waals surface area contributed by atoms with Gasteiger partial charge in [-0.2, -0.15) is 0 Å². The van der Waals surface area contributed by atoms with Gasteiger partial charge in [0.25, 0.3) is 0 Å². The maximum Gasteiger partial charge on any atom is 0.408 e. The van der Waals surface area contributed by atoms with E-state index in [1.807, 2.05) is 46.2 Å². The summed E-state index contributed by atoms with van der Waals surface area (Å²) in [6.07, 6.45) is 1.19. The van der Waals surface area contributed by atoms with E-state index in [1.54, 1.807) is 13.4 Å². The lowest BCUT2D eigenvalue weighted by atomic mass is 10.1. The van der Waals surface area contributed by atoms with Crippen molar-refractivity contribution in [3.8, 4) is 0 Å². The number of amides is 1. The van der Waals surface area contributed by atoms with Crippen LogP contribution in [0.25, 0.3) is 0 Å². The van der Waals surface area contributed by atoms with Gasteiger partial charge in [0.15, 0.2) is 11.8 Å². The first-order chi connectivity index (χ1) is 11.0. The summed E-state index contributed by atoms with van der Waals surface area (Å²) >= 11 is 0. The summed E-state index contributed by atoms with van der Waals surface area (Å²) < 4.78 is 7.10. The molecule has 0 aliphatic carbocycles. The van der Waals surface area contributed by atoms with Gasteiger partial charge in [-0.05, 0) is 34.6 Å². The van der Waals surface area contributed by atoms with Crippen LogP contribution in [0.2, 0.25) is 0 Å². The number of hydrogen-bond donors (Lipinski definition) is 3. The van der Waals surface area contributed by atoms with E-state index in [0.717, 1.165) is 5.82 Å². The summed E-state index contributed by atoms with van der Waals surface area (Å²) in [4.78, 5) is 16.0. The van der Waals surface area contributed by atoms with Crippen molar-refractivity contribution >= 4 is 36.0 Å². The summed E-state index contributed by atoms with van der Waals surface area (Å²) in [5.41, 5.74) is -1.04. The number of halogens is 1. The average Bonchev–Trinajstić information content (AvgIpc) is 2.81. The molecule has 0 fully saturated rings.